The zero-order valence-corrected chi connectivity index (χ0v) is 16.5. The largest absolute Gasteiger partial charge is 0.457 e. The fourth-order valence-corrected chi connectivity index (χ4v) is 3.67. The van der Waals surface area contributed by atoms with E-state index in [2.05, 4.69) is 20.6 Å². The molecule has 7 nitrogen and oxygen atoms in total. The van der Waals surface area contributed by atoms with Crippen molar-refractivity contribution in [2.24, 2.45) is 0 Å². The number of amides is 1. The van der Waals surface area contributed by atoms with E-state index in [1.807, 2.05) is 30.4 Å². The Bertz CT molecular complexity index is 1150. The number of carbonyl (C=O) groups excluding carboxylic acids is 2. The third kappa shape index (κ3) is 4.49. The van der Waals surface area contributed by atoms with Crippen LogP contribution >= 0.6 is 11.3 Å². The summed E-state index contributed by atoms with van der Waals surface area (Å²) >= 11 is 1.53. The van der Waals surface area contributed by atoms with Gasteiger partial charge in [-0.15, -0.1) is 0 Å². The van der Waals surface area contributed by atoms with Gasteiger partial charge in [-0.05, 0) is 29.8 Å². The van der Waals surface area contributed by atoms with Crippen LogP contribution in [0.25, 0.3) is 10.2 Å². The van der Waals surface area contributed by atoms with E-state index >= 15 is 0 Å². The molecular formula is C21H18N4O3S. The summed E-state index contributed by atoms with van der Waals surface area (Å²) in [6, 6.07) is 8.94. The summed E-state index contributed by atoms with van der Waals surface area (Å²) in [4.78, 5) is 31.6. The van der Waals surface area contributed by atoms with Gasteiger partial charge in [0.05, 0.1) is 10.2 Å². The first-order valence-corrected chi connectivity index (χ1v) is 9.83. The van der Waals surface area contributed by atoms with Crippen LogP contribution < -0.4 is 15.4 Å². The molecule has 3 aromatic rings. The van der Waals surface area contributed by atoms with Crippen LogP contribution in [0.1, 0.15) is 16.9 Å². The molecular weight excluding hydrogens is 388 g/mol. The van der Waals surface area contributed by atoms with Crippen LogP contribution in [0.2, 0.25) is 0 Å². The van der Waals surface area contributed by atoms with Crippen LogP contribution in [0.4, 0.5) is 5.13 Å². The number of benzene rings is 1. The van der Waals surface area contributed by atoms with Gasteiger partial charge in [0.15, 0.2) is 10.9 Å². The third-order valence-electron chi connectivity index (χ3n) is 4.28. The molecule has 0 radical (unpaired) electrons. The van der Waals surface area contributed by atoms with Gasteiger partial charge in [-0.25, -0.2) is 4.98 Å². The maximum absolute atomic E-state index is 11.7. The van der Waals surface area contributed by atoms with E-state index in [0.29, 0.717) is 30.2 Å². The Morgan fingerprint density at radius 3 is 2.86 bits per heavy atom. The molecule has 1 aliphatic rings. The number of nitrogens with one attached hydrogen (secondary N) is 2. The quantitative estimate of drug-likeness (QED) is 0.648. The van der Waals surface area contributed by atoms with Gasteiger partial charge in [0.2, 0.25) is 0 Å². The van der Waals surface area contributed by atoms with Crippen molar-refractivity contribution >= 4 is 38.4 Å². The molecule has 0 aliphatic heterocycles. The molecule has 0 saturated carbocycles. The predicted molar refractivity (Wildman–Crippen MR) is 113 cm³/mol. The van der Waals surface area contributed by atoms with Gasteiger partial charge in [-0.1, -0.05) is 23.5 Å². The van der Waals surface area contributed by atoms with Crippen LogP contribution in [-0.4, -0.2) is 35.3 Å². The molecule has 8 heteroatoms. The highest BCUT2D eigenvalue weighted by Gasteiger charge is 2.10. The van der Waals surface area contributed by atoms with E-state index in [1.54, 1.807) is 25.3 Å². The topological polar surface area (TPSA) is 93.2 Å². The zero-order valence-electron chi connectivity index (χ0n) is 15.6. The summed E-state index contributed by atoms with van der Waals surface area (Å²) in [5, 5.41) is 6.64. The van der Waals surface area contributed by atoms with Gasteiger partial charge in [-0.3, -0.25) is 14.6 Å². The van der Waals surface area contributed by atoms with Crippen molar-refractivity contribution in [3.8, 4) is 11.5 Å². The Balaban J connectivity index is 1.46. The smallest absolute Gasteiger partial charge is 0.269 e. The maximum atomic E-state index is 11.7. The minimum Gasteiger partial charge on any atom is -0.457 e. The number of fused-ring (bicyclic) bond motifs is 1. The Hall–Kier alpha value is -3.52. The first-order valence-electron chi connectivity index (χ1n) is 9.01. The van der Waals surface area contributed by atoms with Crippen molar-refractivity contribution in [2.45, 2.75) is 6.42 Å². The number of anilines is 1. The van der Waals surface area contributed by atoms with Crippen molar-refractivity contribution in [1.29, 1.82) is 0 Å². The summed E-state index contributed by atoms with van der Waals surface area (Å²) < 4.78 is 6.87. The van der Waals surface area contributed by atoms with E-state index in [4.69, 9.17) is 4.74 Å². The molecule has 0 spiro atoms. The van der Waals surface area contributed by atoms with Gasteiger partial charge < -0.3 is 15.4 Å². The van der Waals surface area contributed by atoms with Gasteiger partial charge >= 0.3 is 0 Å². The molecule has 0 fully saturated rings. The lowest BCUT2D eigenvalue weighted by atomic mass is 10.1. The number of allylic oxidation sites excluding steroid dienone is 2. The average molecular weight is 406 g/mol. The predicted octanol–water partition coefficient (Wildman–Crippen LogP) is 3.71. The molecule has 0 atom stereocenters. The van der Waals surface area contributed by atoms with E-state index in [9.17, 15) is 9.59 Å². The fraction of sp³-hybridized carbons (Fsp3) is 0.143. The lowest BCUT2D eigenvalue weighted by molar-refractivity contribution is -0.113. The van der Waals surface area contributed by atoms with Crippen LogP contribution in [0, 0.1) is 0 Å². The van der Waals surface area contributed by atoms with Crippen LogP contribution in [0.5, 0.6) is 11.5 Å². The number of thiazole rings is 1. The molecule has 2 heterocycles. The Morgan fingerprint density at radius 1 is 1.21 bits per heavy atom. The van der Waals surface area contributed by atoms with Crippen molar-refractivity contribution in [3.63, 3.8) is 0 Å². The number of pyridine rings is 1. The molecule has 0 unspecified atom stereocenters. The first-order chi connectivity index (χ1) is 14.1. The summed E-state index contributed by atoms with van der Waals surface area (Å²) in [7, 11) is 1.56. The Kier molecular flexibility index (Phi) is 5.35. The Morgan fingerprint density at radius 2 is 2.07 bits per heavy atom. The zero-order chi connectivity index (χ0) is 20.2. The number of hydrogen-bond acceptors (Lipinski definition) is 7. The molecule has 0 bridgehead atoms. The molecule has 1 amide bonds. The van der Waals surface area contributed by atoms with Gasteiger partial charge in [-0.2, -0.15) is 0 Å². The molecule has 2 N–H and O–H groups in total. The van der Waals surface area contributed by atoms with E-state index in [-0.39, 0.29) is 11.7 Å². The highest BCUT2D eigenvalue weighted by molar-refractivity contribution is 7.22. The number of nitrogens with zero attached hydrogens (tertiary/aromatic N) is 2. The van der Waals surface area contributed by atoms with Gasteiger partial charge in [0.1, 0.15) is 17.2 Å². The molecule has 0 saturated heterocycles. The fourth-order valence-electron chi connectivity index (χ4n) is 2.78. The third-order valence-corrected chi connectivity index (χ3v) is 5.26. The summed E-state index contributed by atoms with van der Waals surface area (Å²) in [6.45, 7) is 0.617. The van der Waals surface area contributed by atoms with Crippen molar-refractivity contribution in [1.82, 2.24) is 15.3 Å². The number of ketones is 1. The SMILES string of the molecule is CNC(=O)c1cc(Oc2ccc3nc(NCC4=CCC(=O)C=C4)sc3c2)ccn1. The molecule has 146 valence electrons. The monoisotopic (exact) mass is 406 g/mol. The summed E-state index contributed by atoms with van der Waals surface area (Å²) in [6.07, 6.45) is 7.35. The minimum atomic E-state index is -0.267. The highest BCUT2D eigenvalue weighted by Crippen LogP contribution is 2.31. The molecule has 1 aliphatic carbocycles. The number of carbonyl (C=O) groups is 2. The van der Waals surface area contributed by atoms with Crippen molar-refractivity contribution in [2.75, 3.05) is 18.9 Å². The van der Waals surface area contributed by atoms with E-state index in [1.165, 1.54) is 17.5 Å². The van der Waals surface area contributed by atoms with Gasteiger partial charge in [0, 0.05) is 38.3 Å². The van der Waals surface area contributed by atoms with Crippen LogP contribution in [0.3, 0.4) is 0 Å². The first kappa shape index (κ1) is 18.8. The average Bonchev–Trinajstić information content (AvgIpc) is 3.15. The van der Waals surface area contributed by atoms with Crippen molar-refractivity contribution < 1.29 is 14.3 Å². The Labute approximate surface area is 171 Å². The lowest BCUT2D eigenvalue weighted by Crippen LogP contribution is -2.18. The standard InChI is InChI=1S/C21H18N4O3S/c1-22-20(27)18-10-16(8-9-23-18)28-15-6-7-17-19(11-15)29-21(25-17)24-12-13-2-4-14(26)5-3-13/h2-4,6-11H,5,12H2,1H3,(H,22,27)(H,24,25). The van der Waals surface area contributed by atoms with E-state index < -0.39 is 0 Å². The lowest BCUT2D eigenvalue weighted by Gasteiger charge is -2.06. The number of aromatic nitrogens is 2. The van der Waals surface area contributed by atoms with Gasteiger partial charge in [0.25, 0.3) is 5.91 Å². The number of hydrogen-bond donors (Lipinski definition) is 2. The number of ether oxygens (including phenoxy) is 1. The van der Waals surface area contributed by atoms with Crippen LogP contribution in [0.15, 0.2) is 60.3 Å². The second-order valence-electron chi connectivity index (χ2n) is 6.34. The summed E-state index contributed by atoms with van der Waals surface area (Å²) in [5.74, 6) is 1.04. The molecule has 29 heavy (non-hydrogen) atoms. The normalized spacial score (nSPS) is 13.3. The second-order valence-corrected chi connectivity index (χ2v) is 7.37. The second kappa shape index (κ2) is 8.24. The molecule has 4 rings (SSSR count). The summed E-state index contributed by atoms with van der Waals surface area (Å²) in [5.41, 5.74) is 2.23. The highest BCUT2D eigenvalue weighted by atomic mass is 32.1. The molecule has 2 aromatic heterocycles. The maximum Gasteiger partial charge on any atom is 0.269 e. The number of rotatable bonds is 6. The van der Waals surface area contributed by atoms with Crippen molar-refractivity contribution in [3.05, 3.63) is 66.0 Å². The minimum absolute atomic E-state index is 0.123. The molecule has 1 aromatic carbocycles. The van der Waals surface area contributed by atoms with E-state index in [0.717, 1.165) is 20.9 Å². The van der Waals surface area contributed by atoms with Crippen LogP contribution in [-0.2, 0) is 4.79 Å².